The van der Waals surface area contributed by atoms with E-state index in [1.165, 1.54) is 24.8 Å². The SMILES string of the molecule is Cc1ccc(NC(=O)c2cnc(N3CCCCC3)c3ccccc23)cc1. The second-order valence-corrected chi connectivity index (χ2v) is 6.91. The second kappa shape index (κ2) is 7.16. The fraction of sp³-hybridized carbons (Fsp3) is 0.273. The van der Waals surface area contributed by atoms with Gasteiger partial charge in [-0.05, 0) is 43.7 Å². The van der Waals surface area contributed by atoms with Gasteiger partial charge < -0.3 is 10.2 Å². The summed E-state index contributed by atoms with van der Waals surface area (Å²) in [6.45, 7) is 4.10. The van der Waals surface area contributed by atoms with E-state index in [9.17, 15) is 4.79 Å². The van der Waals surface area contributed by atoms with E-state index in [1.807, 2.05) is 49.4 Å². The van der Waals surface area contributed by atoms with Crippen molar-refractivity contribution in [2.24, 2.45) is 0 Å². The average Bonchev–Trinajstić information content (AvgIpc) is 2.69. The molecule has 3 aromatic rings. The summed E-state index contributed by atoms with van der Waals surface area (Å²) < 4.78 is 0. The lowest BCUT2D eigenvalue weighted by atomic mass is 10.0. The molecule has 0 bridgehead atoms. The van der Waals surface area contributed by atoms with Gasteiger partial charge in [0, 0.05) is 30.4 Å². The van der Waals surface area contributed by atoms with Crippen molar-refractivity contribution in [3.63, 3.8) is 0 Å². The van der Waals surface area contributed by atoms with Crippen LogP contribution < -0.4 is 10.2 Å². The Hall–Kier alpha value is -2.88. The van der Waals surface area contributed by atoms with Crippen molar-refractivity contribution >= 4 is 28.2 Å². The summed E-state index contributed by atoms with van der Waals surface area (Å²) in [6, 6.07) is 15.9. The number of amides is 1. The van der Waals surface area contributed by atoms with Crippen LogP contribution in [-0.4, -0.2) is 24.0 Å². The number of carbonyl (C=O) groups excluding carboxylic acids is 1. The van der Waals surface area contributed by atoms with Crippen molar-refractivity contribution in [3.8, 4) is 0 Å². The van der Waals surface area contributed by atoms with E-state index >= 15 is 0 Å². The second-order valence-electron chi connectivity index (χ2n) is 6.91. The molecule has 1 aliphatic rings. The zero-order chi connectivity index (χ0) is 17.9. The molecule has 4 heteroatoms. The van der Waals surface area contributed by atoms with E-state index in [1.54, 1.807) is 6.20 Å². The van der Waals surface area contributed by atoms with Gasteiger partial charge in [0.15, 0.2) is 0 Å². The van der Waals surface area contributed by atoms with Crippen molar-refractivity contribution in [2.75, 3.05) is 23.3 Å². The maximum atomic E-state index is 12.8. The smallest absolute Gasteiger partial charge is 0.257 e. The third-order valence-electron chi connectivity index (χ3n) is 4.98. The summed E-state index contributed by atoms with van der Waals surface area (Å²) in [5, 5.41) is 4.98. The average molecular weight is 345 g/mol. The fourth-order valence-corrected chi connectivity index (χ4v) is 3.55. The van der Waals surface area contributed by atoms with Crippen LogP contribution in [0.1, 0.15) is 35.2 Å². The number of fused-ring (bicyclic) bond motifs is 1. The summed E-state index contributed by atoms with van der Waals surface area (Å²) in [5.74, 6) is 0.870. The van der Waals surface area contributed by atoms with Crippen LogP contribution >= 0.6 is 0 Å². The molecule has 0 aliphatic carbocycles. The van der Waals surface area contributed by atoms with Crippen molar-refractivity contribution in [1.82, 2.24) is 4.98 Å². The summed E-state index contributed by atoms with van der Waals surface area (Å²) in [5.41, 5.74) is 2.58. The maximum Gasteiger partial charge on any atom is 0.257 e. The number of nitrogens with one attached hydrogen (secondary N) is 1. The molecule has 0 saturated carbocycles. The molecular weight excluding hydrogens is 322 g/mol. The molecule has 1 amide bonds. The predicted octanol–water partition coefficient (Wildman–Crippen LogP) is 4.79. The zero-order valence-electron chi connectivity index (χ0n) is 15.0. The highest BCUT2D eigenvalue weighted by Gasteiger charge is 2.18. The Labute approximate surface area is 153 Å². The normalized spacial score (nSPS) is 14.4. The van der Waals surface area contributed by atoms with Crippen LogP contribution in [0.15, 0.2) is 54.7 Å². The highest BCUT2D eigenvalue weighted by Crippen LogP contribution is 2.29. The van der Waals surface area contributed by atoms with E-state index < -0.39 is 0 Å². The van der Waals surface area contributed by atoms with Gasteiger partial charge in [-0.3, -0.25) is 4.79 Å². The number of hydrogen-bond acceptors (Lipinski definition) is 3. The number of nitrogens with zero attached hydrogens (tertiary/aromatic N) is 2. The molecule has 0 radical (unpaired) electrons. The molecule has 0 spiro atoms. The molecule has 1 aromatic heterocycles. The van der Waals surface area contributed by atoms with Crippen LogP contribution in [0, 0.1) is 6.92 Å². The zero-order valence-corrected chi connectivity index (χ0v) is 15.0. The van der Waals surface area contributed by atoms with Crippen molar-refractivity contribution in [3.05, 3.63) is 65.9 Å². The Morgan fingerprint density at radius 1 is 0.962 bits per heavy atom. The summed E-state index contributed by atoms with van der Waals surface area (Å²) in [7, 11) is 0. The number of benzene rings is 2. The molecule has 4 rings (SSSR count). The molecule has 1 aliphatic heterocycles. The van der Waals surface area contributed by atoms with Gasteiger partial charge in [-0.1, -0.05) is 42.0 Å². The number of pyridine rings is 1. The Morgan fingerprint density at radius 3 is 2.38 bits per heavy atom. The maximum absolute atomic E-state index is 12.8. The first-order chi connectivity index (χ1) is 12.7. The summed E-state index contributed by atoms with van der Waals surface area (Å²) >= 11 is 0. The van der Waals surface area contributed by atoms with E-state index in [0.717, 1.165) is 35.4 Å². The van der Waals surface area contributed by atoms with Crippen molar-refractivity contribution in [1.29, 1.82) is 0 Å². The lowest BCUT2D eigenvalue weighted by Gasteiger charge is -2.29. The number of anilines is 2. The van der Waals surface area contributed by atoms with Gasteiger partial charge in [-0.2, -0.15) is 0 Å². The third-order valence-corrected chi connectivity index (χ3v) is 4.98. The van der Waals surface area contributed by atoms with Gasteiger partial charge in [-0.25, -0.2) is 4.98 Å². The van der Waals surface area contributed by atoms with Gasteiger partial charge in [0.1, 0.15) is 5.82 Å². The van der Waals surface area contributed by atoms with Crippen molar-refractivity contribution in [2.45, 2.75) is 26.2 Å². The highest BCUT2D eigenvalue weighted by atomic mass is 16.1. The fourth-order valence-electron chi connectivity index (χ4n) is 3.55. The van der Waals surface area contributed by atoms with Gasteiger partial charge in [0.2, 0.25) is 0 Å². The lowest BCUT2D eigenvalue weighted by Crippen LogP contribution is -2.30. The van der Waals surface area contributed by atoms with E-state index in [-0.39, 0.29) is 5.91 Å². The van der Waals surface area contributed by atoms with E-state index in [0.29, 0.717) is 5.56 Å². The largest absolute Gasteiger partial charge is 0.356 e. The first-order valence-corrected chi connectivity index (χ1v) is 9.23. The first-order valence-electron chi connectivity index (χ1n) is 9.23. The highest BCUT2D eigenvalue weighted by molar-refractivity contribution is 6.14. The molecule has 2 aromatic carbocycles. The summed E-state index contributed by atoms with van der Waals surface area (Å²) in [4.78, 5) is 19.8. The molecule has 0 unspecified atom stereocenters. The standard InChI is InChI=1S/C22H23N3O/c1-16-9-11-17(12-10-16)24-22(26)20-15-23-21(25-13-5-2-6-14-25)19-8-4-3-7-18(19)20/h3-4,7-12,15H,2,5-6,13-14H2,1H3,(H,24,26). The van der Waals surface area contributed by atoms with Crippen LogP contribution in [0.4, 0.5) is 11.5 Å². The van der Waals surface area contributed by atoms with E-state index in [4.69, 9.17) is 0 Å². The quantitative estimate of drug-likeness (QED) is 0.742. The lowest BCUT2D eigenvalue weighted by molar-refractivity contribution is 0.102. The molecule has 0 atom stereocenters. The van der Waals surface area contributed by atoms with Gasteiger partial charge >= 0.3 is 0 Å². The minimum Gasteiger partial charge on any atom is -0.356 e. The number of rotatable bonds is 3. The molecule has 132 valence electrons. The van der Waals surface area contributed by atoms with Gasteiger partial charge in [0.05, 0.1) is 5.56 Å². The molecule has 26 heavy (non-hydrogen) atoms. The number of hydrogen-bond donors (Lipinski definition) is 1. The monoisotopic (exact) mass is 345 g/mol. The number of piperidine rings is 1. The van der Waals surface area contributed by atoms with Gasteiger partial charge in [0.25, 0.3) is 5.91 Å². The first kappa shape index (κ1) is 16.6. The van der Waals surface area contributed by atoms with Crippen LogP contribution in [0.3, 0.4) is 0 Å². The Morgan fingerprint density at radius 2 is 1.65 bits per heavy atom. The van der Waals surface area contributed by atoms with Crippen molar-refractivity contribution < 1.29 is 4.79 Å². The minimum absolute atomic E-state index is 0.122. The molecule has 1 saturated heterocycles. The van der Waals surface area contributed by atoms with Gasteiger partial charge in [-0.15, -0.1) is 0 Å². The number of carbonyl (C=O) groups is 1. The molecule has 1 N–H and O–H groups in total. The van der Waals surface area contributed by atoms with E-state index in [2.05, 4.69) is 21.3 Å². The predicted molar refractivity (Wildman–Crippen MR) is 107 cm³/mol. The molecule has 4 nitrogen and oxygen atoms in total. The van der Waals surface area contributed by atoms with Crippen LogP contribution in [0.25, 0.3) is 10.8 Å². The Kier molecular flexibility index (Phi) is 4.57. The van der Waals surface area contributed by atoms with Crippen LogP contribution in [0.2, 0.25) is 0 Å². The Bertz CT molecular complexity index is 928. The number of aryl methyl sites for hydroxylation is 1. The Balaban J connectivity index is 1.69. The molecule has 1 fully saturated rings. The third kappa shape index (κ3) is 3.27. The topological polar surface area (TPSA) is 45.2 Å². The number of aromatic nitrogens is 1. The minimum atomic E-state index is -0.122. The molecular formula is C22H23N3O. The molecule has 2 heterocycles. The van der Waals surface area contributed by atoms with Crippen LogP contribution in [-0.2, 0) is 0 Å². The van der Waals surface area contributed by atoms with Crippen LogP contribution in [0.5, 0.6) is 0 Å². The summed E-state index contributed by atoms with van der Waals surface area (Å²) in [6.07, 6.45) is 5.40.